The summed E-state index contributed by atoms with van der Waals surface area (Å²) in [7, 11) is 0. The Kier molecular flexibility index (Phi) is 3.91. The van der Waals surface area contributed by atoms with Crippen LogP contribution in [0.2, 0.25) is 5.15 Å². The molecular formula is C10H12ClF3N4. The second kappa shape index (κ2) is 5.27. The minimum absolute atomic E-state index is 0.117. The van der Waals surface area contributed by atoms with Crippen LogP contribution in [0.25, 0.3) is 0 Å². The van der Waals surface area contributed by atoms with Crippen molar-refractivity contribution in [3.63, 3.8) is 0 Å². The number of hydrogen-bond acceptors (Lipinski definition) is 4. The maximum Gasteiger partial charge on any atom is 0.420 e. The van der Waals surface area contributed by atoms with Crippen LogP contribution in [0.1, 0.15) is 18.4 Å². The van der Waals surface area contributed by atoms with Crippen molar-refractivity contribution >= 4 is 17.5 Å². The molecule has 2 rings (SSSR count). The van der Waals surface area contributed by atoms with Crippen molar-refractivity contribution in [3.05, 3.63) is 16.9 Å². The van der Waals surface area contributed by atoms with E-state index in [9.17, 15) is 13.2 Å². The molecule has 0 aromatic carbocycles. The average Bonchev–Trinajstić information content (AvgIpc) is 2.28. The Labute approximate surface area is 107 Å². The van der Waals surface area contributed by atoms with Gasteiger partial charge in [-0.2, -0.15) is 13.2 Å². The molecule has 1 aromatic rings. The maximum atomic E-state index is 12.4. The third kappa shape index (κ3) is 3.23. The molecule has 1 aliphatic heterocycles. The van der Waals surface area contributed by atoms with E-state index in [0.29, 0.717) is 6.20 Å². The fraction of sp³-hybridized carbons (Fsp3) is 0.600. The minimum atomic E-state index is -4.53. The summed E-state index contributed by atoms with van der Waals surface area (Å²) in [5, 5.41) is 5.56. The predicted octanol–water partition coefficient (Wildman–Crippen LogP) is 2.31. The van der Waals surface area contributed by atoms with Gasteiger partial charge in [0.05, 0.1) is 0 Å². The highest BCUT2D eigenvalue weighted by molar-refractivity contribution is 6.30. The molecule has 0 radical (unpaired) electrons. The van der Waals surface area contributed by atoms with Gasteiger partial charge in [-0.05, 0) is 19.4 Å². The first-order valence-corrected chi connectivity index (χ1v) is 5.91. The van der Waals surface area contributed by atoms with Gasteiger partial charge in [-0.25, -0.2) is 9.97 Å². The van der Waals surface area contributed by atoms with Crippen LogP contribution >= 0.6 is 11.6 Å². The Morgan fingerprint density at radius 1 is 1.44 bits per heavy atom. The Morgan fingerprint density at radius 3 is 2.78 bits per heavy atom. The Balaban J connectivity index is 2.08. The van der Waals surface area contributed by atoms with Gasteiger partial charge in [0.1, 0.15) is 10.7 Å². The van der Waals surface area contributed by atoms with Crippen LogP contribution in [0, 0.1) is 0 Å². The molecule has 0 bridgehead atoms. The van der Waals surface area contributed by atoms with Crippen molar-refractivity contribution < 1.29 is 13.2 Å². The van der Waals surface area contributed by atoms with E-state index in [1.54, 1.807) is 0 Å². The molecule has 8 heteroatoms. The second-order valence-corrected chi connectivity index (χ2v) is 4.44. The lowest BCUT2D eigenvalue weighted by molar-refractivity contribution is -0.137. The van der Waals surface area contributed by atoms with Gasteiger partial charge in [0.15, 0.2) is 0 Å². The molecular weight excluding hydrogens is 269 g/mol. The first-order chi connectivity index (χ1) is 8.47. The quantitative estimate of drug-likeness (QED) is 0.816. The highest BCUT2D eigenvalue weighted by Gasteiger charge is 2.34. The standard InChI is InChI=1S/C10H12ClF3N4/c11-8-7(10(12,13)14)5-16-9(18-8)17-6-2-1-3-15-4-6/h5-6,15H,1-4H2,(H,16,17,18)/t6-/m0/s1. The zero-order valence-electron chi connectivity index (χ0n) is 9.39. The number of nitrogens with zero attached hydrogens (tertiary/aromatic N) is 2. The number of nitrogens with one attached hydrogen (secondary N) is 2. The van der Waals surface area contributed by atoms with Gasteiger partial charge in [0, 0.05) is 18.8 Å². The van der Waals surface area contributed by atoms with Crippen LogP contribution < -0.4 is 10.6 Å². The summed E-state index contributed by atoms with van der Waals surface area (Å²) in [6, 6.07) is 0.117. The first-order valence-electron chi connectivity index (χ1n) is 5.54. The summed E-state index contributed by atoms with van der Waals surface area (Å²) >= 11 is 5.50. The number of halogens is 4. The lowest BCUT2D eigenvalue weighted by atomic mass is 10.1. The second-order valence-electron chi connectivity index (χ2n) is 4.08. The molecule has 4 nitrogen and oxygen atoms in total. The summed E-state index contributed by atoms with van der Waals surface area (Å²) in [5.74, 6) is 0.127. The van der Waals surface area contributed by atoms with Crippen LogP contribution in [-0.4, -0.2) is 29.1 Å². The molecule has 0 unspecified atom stereocenters. The lowest BCUT2D eigenvalue weighted by Gasteiger charge is -2.23. The van der Waals surface area contributed by atoms with E-state index < -0.39 is 16.9 Å². The topological polar surface area (TPSA) is 49.8 Å². The van der Waals surface area contributed by atoms with Gasteiger partial charge in [0.2, 0.25) is 5.95 Å². The van der Waals surface area contributed by atoms with Crippen molar-refractivity contribution in [2.45, 2.75) is 25.1 Å². The summed E-state index contributed by atoms with van der Waals surface area (Å²) in [6.07, 6.45) is -1.89. The lowest BCUT2D eigenvalue weighted by Crippen LogP contribution is -2.38. The molecule has 0 aliphatic carbocycles. The Morgan fingerprint density at radius 2 is 2.22 bits per heavy atom. The monoisotopic (exact) mass is 280 g/mol. The maximum absolute atomic E-state index is 12.4. The number of piperidine rings is 1. The zero-order chi connectivity index (χ0) is 13.2. The number of hydrogen-bond donors (Lipinski definition) is 2. The fourth-order valence-corrected chi connectivity index (χ4v) is 2.01. The molecule has 2 heterocycles. The third-order valence-electron chi connectivity index (χ3n) is 2.68. The van der Waals surface area contributed by atoms with E-state index in [1.165, 1.54) is 0 Å². The molecule has 1 atom stereocenters. The van der Waals surface area contributed by atoms with Gasteiger partial charge in [0.25, 0.3) is 0 Å². The van der Waals surface area contributed by atoms with Gasteiger partial charge in [-0.1, -0.05) is 11.6 Å². The number of alkyl halides is 3. The largest absolute Gasteiger partial charge is 0.420 e. The highest BCUT2D eigenvalue weighted by Crippen LogP contribution is 2.33. The minimum Gasteiger partial charge on any atom is -0.350 e. The van der Waals surface area contributed by atoms with E-state index in [1.807, 2.05) is 0 Å². The molecule has 18 heavy (non-hydrogen) atoms. The van der Waals surface area contributed by atoms with E-state index >= 15 is 0 Å². The van der Waals surface area contributed by atoms with Crippen molar-refractivity contribution in [3.8, 4) is 0 Å². The number of anilines is 1. The summed E-state index contributed by atoms with van der Waals surface area (Å²) in [5.41, 5.74) is -1.02. The van der Waals surface area contributed by atoms with Crippen LogP contribution in [0.15, 0.2) is 6.20 Å². The van der Waals surface area contributed by atoms with E-state index in [4.69, 9.17) is 11.6 Å². The van der Waals surface area contributed by atoms with Crippen LogP contribution in [-0.2, 0) is 6.18 Å². The smallest absolute Gasteiger partial charge is 0.350 e. The normalized spacial score (nSPS) is 20.8. The molecule has 1 saturated heterocycles. The number of rotatable bonds is 2. The average molecular weight is 281 g/mol. The van der Waals surface area contributed by atoms with Gasteiger partial charge in [-0.15, -0.1) is 0 Å². The van der Waals surface area contributed by atoms with Gasteiger partial charge in [-0.3, -0.25) is 0 Å². The summed E-state index contributed by atoms with van der Waals surface area (Å²) < 4.78 is 37.3. The van der Waals surface area contributed by atoms with Crippen LogP contribution in [0.5, 0.6) is 0 Å². The zero-order valence-corrected chi connectivity index (χ0v) is 10.1. The summed E-state index contributed by atoms with van der Waals surface area (Å²) in [6.45, 7) is 1.69. The van der Waals surface area contributed by atoms with Crippen LogP contribution in [0.3, 0.4) is 0 Å². The van der Waals surface area contributed by atoms with Crippen LogP contribution in [0.4, 0.5) is 19.1 Å². The van der Waals surface area contributed by atoms with Crippen molar-refractivity contribution in [1.29, 1.82) is 0 Å². The first kappa shape index (κ1) is 13.4. The Bertz CT molecular complexity index is 418. The van der Waals surface area contributed by atoms with Gasteiger partial charge < -0.3 is 10.6 Å². The van der Waals surface area contributed by atoms with E-state index in [2.05, 4.69) is 20.6 Å². The highest BCUT2D eigenvalue weighted by atomic mass is 35.5. The molecule has 1 aliphatic rings. The molecule has 0 amide bonds. The molecule has 1 aromatic heterocycles. The third-order valence-corrected chi connectivity index (χ3v) is 2.97. The van der Waals surface area contributed by atoms with E-state index in [-0.39, 0.29) is 12.0 Å². The number of aromatic nitrogens is 2. The fourth-order valence-electron chi connectivity index (χ4n) is 1.78. The van der Waals surface area contributed by atoms with Gasteiger partial charge >= 0.3 is 6.18 Å². The predicted molar refractivity (Wildman–Crippen MR) is 61.6 cm³/mol. The molecule has 0 saturated carbocycles. The molecule has 100 valence electrons. The molecule has 2 N–H and O–H groups in total. The van der Waals surface area contributed by atoms with Crippen molar-refractivity contribution in [2.24, 2.45) is 0 Å². The Hall–Kier alpha value is -1.08. The SMILES string of the molecule is FC(F)(F)c1cnc(N[C@H]2CCCNC2)nc1Cl. The van der Waals surface area contributed by atoms with E-state index in [0.717, 1.165) is 25.9 Å². The molecule has 0 spiro atoms. The summed E-state index contributed by atoms with van der Waals surface area (Å²) in [4.78, 5) is 7.27. The molecule has 1 fully saturated rings. The van der Waals surface area contributed by atoms with Crippen molar-refractivity contribution in [1.82, 2.24) is 15.3 Å². The van der Waals surface area contributed by atoms with Crippen molar-refractivity contribution in [2.75, 3.05) is 18.4 Å².